The van der Waals surface area contributed by atoms with E-state index in [9.17, 15) is 19.0 Å². The fourth-order valence-corrected chi connectivity index (χ4v) is 5.63. The van der Waals surface area contributed by atoms with Gasteiger partial charge in [-0.15, -0.1) is 0 Å². The van der Waals surface area contributed by atoms with Crippen molar-refractivity contribution in [1.29, 1.82) is 0 Å². The number of phosphoric ester groups is 1. The number of unbranched alkanes of at least 4 members (excludes halogenated alkanes) is 15. The van der Waals surface area contributed by atoms with E-state index in [-0.39, 0.29) is 25.4 Å². The van der Waals surface area contributed by atoms with Crippen LogP contribution in [0.2, 0.25) is 0 Å². The lowest BCUT2D eigenvalue weighted by Gasteiger charge is -2.19. The molecular weight excluding hydrogens is 663 g/mol. The fourth-order valence-electron chi connectivity index (χ4n) is 5.17. The van der Waals surface area contributed by atoms with Gasteiger partial charge in [0, 0.05) is 20.0 Å². The lowest BCUT2D eigenvalue weighted by atomic mass is 10.1. The molecule has 0 heterocycles. The molecule has 0 aromatic heterocycles. The van der Waals surface area contributed by atoms with Crippen LogP contribution in [-0.2, 0) is 32.7 Å². The van der Waals surface area contributed by atoms with Crippen molar-refractivity contribution in [3.05, 3.63) is 60.8 Å². The van der Waals surface area contributed by atoms with Gasteiger partial charge in [-0.3, -0.25) is 18.6 Å². The van der Waals surface area contributed by atoms with Gasteiger partial charge in [-0.25, -0.2) is 4.57 Å². The normalized spacial score (nSPS) is 14.0. The van der Waals surface area contributed by atoms with Crippen LogP contribution < -0.4 is 0 Å². The summed E-state index contributed by atoms with van der Waals surface area (Å²) in [5.41, 5.74) is 0. The van der Waals surface area contributed by atoms with E-state index in [0.717, 1.165) is 77.7 Å². The van der Waals surface area contributed by atoms with Crippen molar-refractivity contribution in [2.45, 2.75) is 174 Å². The Balaban J connectivity index is 4.11. The van der Waals surface area contributed by atoms with Crippen LogP contribution in [0.15, 0.2) is 60.8 Å². The van der Waals surface area contributed by atoms with Gasteiger partial charge in [0.05, 0.1) is 6.61 Å². The quantitative estimate of drug-likeness (QED) is 0.0293. The summed E-state index contributed by atoms with van der Waals surface area (Å²) < 4.78 is 31.9. The van der Waals surface area contributed by atoms with Gasteiger partial charge in [0.2, 0.25) is 0 Å². The van der Waals surface area contributed by atoms with Crippen LogP contribution in [0.25, 0.3) is 0 Å². The first kappa shape index (κ1) is 48.8. The average molecular weight is 737 g/mol. The zero-order valence-electron chi connectivity index (χ0n) is 32.5. The molecule has 1 N–H and O–H groups in total. The average Bonchev–Trinajstić information content (AvgIpc) is 3.12. The lowest BCUT2D eigenvalue weighted by Crippen LogP contribution is -2.29. The van der Waals surface area contributed by atoms with E-state index in [1.165, 1.54) is 64.2 Å². The van der Waals surface area contributed by atoms with E-state index in [1.807, 2.05) is 0 Å². The second-order valence-electron chi connectivity index (χ2n) is 13.0. The number of esters is 2. The zero-order chi connectivity index (χ0) is 37.5. The van der Waals surface area contributed by atoms with Crippen LogP contribution in [0.1, 0.15) is 168 Å². The summed E-state index contributed by atoms with van der Waals surface area (Å²) >= 11 is 0. The lowest BCUT2D eigenvalue weighted by molar-refractivity contribution is -0.161. The van der Waals surface area contributed by atoms with Gasteiger partial charge in [-0.2, -0.15) is 0 Å². The first-order valence-corrected chi connectivity index (χ1v) is 21.5. The molecule has 0 radical (unpaired) electrons. The molecule has 51 heavy (non-hydrogen) atoms. The molecule has 0 bridgehead atoms. The van der Waals surface area contributed by atoms with Gasteiger partial charge in [-0.05, 0) is 77.0 Å². The topological polar surface area (TPSA) is 108 Å². The maximum Gasteiger partial charge on any atom is 0.472 e. The first-order valence-electron chi connectivity index (χ1n) is 20.0. The molecule has 0 aliphatic heterocycles. The summed E-state index contributed by atoms with van der Waals surface area (Å²) in [4.78, 5) is 34.4. The van der Waals surface area contributed by atoms with Gasteiger partial charge >= 0.3 is 19.8 Å². The molecule has 0 fully saturated rings. The minimum absolute atomic E-state index is 0.189. The molecule has 0 saturated carbocycles. The predicted octanol–water partition coefficient (Wildman–Crippen LogP) is 12.4. The van der Waals surface area contributed by atoms with Crippen molar-refractivity contribution < 1.29 is 37.6 Å². The van der Waals surface area contributed by atoms with E-state index in [4.69, 9.17) is 14.0 Å². The minimum atomic E-state index is -4.27. The molecular formula is C42H73O8P. The second kappa shape index (κ2) is 37.5. The summed E-state index contributed by atoms with van der Waals surface area (Å²) in [7, 11) is -3.22. The molecule has 0 spiro atoms. The number of hydrogen-bond donors (Lipinski definition) is 1. The molecule has 0 amide bonds. The molecule has 0 aromatic rings. The van der Waals surface area contributed by atoms with E-state index in [0.29, 0.717) is 6.42 Å². The van der Waals surface area contributed by atoms with Crippen molar-refractivity contribution in [2.24, 2.45) is 0 Å². The van der Waals surface area contributed by atoms with Crippen molar-refractivity contribution >= 4 is 19.8 Å². The summed E-state index contributed by atoms with van der Waals surface area (Å²) in [6, 6.07) is 0. The third-order valence-corrected chi connectivity index (χ3v) is 9.18. The number of rotatable bonds is 36. The molecule has 8 nitrogen and oxygen atoms in total. The monoisotopic (exact) mass is 737 g/mol. The van der Waals surface area contributed by atoms with Gasteiger partial charge in [-0.1, -0.05) is 139 Å². The molecule has 2 atom stereocenters. The van der Waals surface area contributed by atoms with Crippen LogP contribution >= 0.6 is 7.82 Å². The fraction of sp³-hybridized carbons (Fsp3) is 0.714. The molecule has 0 aromatic carbocycles. The Morgan fingerprint density at radius 1 is 0.569 bits per heavy atom. The van der Waals surface area contributed by atoms with Crippen LogP contribution in [-0.4, -0.2) is 43.3 Å². The van der Waals surface area contributed by atoms with Crippen molar-refractivity contribution in [2.75, 3.05) is 20.3 Å². The Kier molecular flexibility index (Phi) is 35.9. The molecule has 294 valence electrons. The largest absolute Gasteiger partial charge is 0.472 e. The zero-order valence-corrected chi connectivity index (χ0v) is 33.4. The SMILES string of the molecule is CC/C=C\C/C=C\C/C=C\C/C=C\CCCCC(=O)OC(COC(=O)CCCCCCCCC/C=C\CCCCCCCC)COP(=O)(O)OC. The van der Waals surface area contributed by atoms with Gasteiger partial charge < -0.3 is 14.4 Å². The van der Waals surface area contributed by atoms with E-state index < -0.39 is 26.5 Å². The molecule has 0 aliphatic carbocycles. The highest BCUT2D eigenvalue weighted by molar-refractivity contribution is 7.47. The van der Waals surface area contributed by atoms with Gasteiger partial charge in [0.25, 0.3) is 0 Å². The van der Waals surface area contributed by atoms with Crippen LogP contribution in [0.5, 0.6) is 0 Å². The molecule has 0 saturated heterocycles. The van der Waals surface area contributed by atoms with Crippen LogP contribution in [0.4, 0.5) is 0 Å². The smallest absolute Gasteiger partial charge is 0.462 e. The highest BCUT2D eigenvalue weighted by Crippen LogP contribution is 2.42. The number of phosphoric acid groups is 1. The van der Waals surface area contributed by atoms with Crippen molar-refractivity contribution in [3.63, 3.8) is 0 Å². The Morgan fingerprint density at radius 3 is 1.55 bits per heavy atom. The van der Waals surface area contributed by atoms with Crippen LogP contribution in [0.3, 0.4) is 0 Å². The Hall–Kier alpha value is -2.25. The number of carbonyl (C=O) groups excluding carboxylic acids is 2. The Morgan fingerprint density at radius 2 is 1.00 bits per heavy atom. The van der Waals surface area contributed by atoms with E-state index in [2.05, 4.69) is 79.1 Å². The number of ether oxygens (including phenoxy) is 2. The van der Waals surface area contributed by atoms with E-state index >= 15 is 0 Å². The summed E-state index contributed by atoms with van der Waals surface area (Å²) in [5, 5.41) is 0. The molecule has 0 rings (SSSR count). The summed E-state index contributed by atoms with van der Waals surface area (Å²) in [6.45, 7) is 3.72. The summed E-state index contributed by atoms with van der Waals surface area (Å²) in [6.07, 6.45) is 45.6. The third-order valence-electron chi connectivity index (χ3n) is 8.25. The standard InChI is InChI=1S/C42H73O8P/c1-4-6-8-10-12-14-16-18-20-21-23-24-26-28-30-32-34-36-41(43)48-38-40(39-49-51(45,46)47-3)50-42(44)37-35-33-31-29-27-25-22-19-17-15-13-11-9-7-5-2/h7,9,13,15,18-20,22,27,29,40H,4-6,8,10-12,14,16-17,21,23-26,28,30-39H2,1-3H3,(H,45,46)/b9-7-,15-13-,20-18-,22-19-,29-27-. The molecule has 0 aliphatic rings. The van der Waals surface area contributed by atoms with Crippen molar-refractivity contribution in [3.8, 4) is 0 Å². The highest BCUT2D eigenvalue weighted by Gasteiger charge is 2.24. The third kappa shape index (κ3) is 37.3. The molecule has 9 heteroatoms. The Bertz CT molecular complexity index is 1020. The summed E-state index contributed by atoms with van der Waals surface area (Å²) in [5.74, 6) is -0.861. The van der Waals surface area contributed by atoms with E-state index in [1.54, 1.807) is 0 Å². The van der Waals surface area contributed by atoms with Gasteiger partial charge in [0.15, 0.2) is 6.10 Å². The highest BCUT2D eigenvalue weighted by atomic mass is 31.2. The number of allylic oxidation sites excluding steroid dienone is 10. The Labute approximate surface area is 311 Å². The second-order valence-corrected chi connectivity index (χ2v) is 14.6. The van der Waals surface area contributed by atoms with Crippen molar-refractivity contribution in [1.82, 2.24) is 0 Å². The molecule has 2 unspecified atom stereocenters. The maximum absolute atomic E-state index is 12.5. The van der Waals surface area contributed by atoms with Gasteiger partial charge in [0.1, 0.15) is 6.61 Å². The number of hydrogen-bond acceptors (Lipinski definition) is 7. The minimum Gasteiger partial charge on any atom is -0.462 e. The first-order chi connectivity index (χ1) is 24.8. The predicted molar refractivity (Wildman–Crippen MR) is 211 cm³/mol. The maximum atomic E-state index is 12.5. The number of carbonyl (C=O) groups is 2. The van der Waals surface area contributed by atoms with Crippen LogP contribution in [0, 0.1) is 0 Å².